The third-order valence-electron chi connectivity index (χ3n) is 3.44. The number of Topliss-reactive ketones (excluding diaryl/α,β-unsaturated/α-hetero) is 1. The lowest BCUT2D eigenvalue weighted by molar-refractivity contribution is 0.0946. The van der Waals surface area contributed by atoms with Gasteiger partial charge < -0.3 is 0 Å². The van der Waals surface area contributed by atoms with Crippen molar-refractivity contribution in [3.05, 3.63) is 46.0 Å². The lowest BCUT2D eigenvalue weighted by atomic mass is 9.91. The minimum Gasteiger partial charge on any atom is -0.292 e. The van der Waals surface area contributed by atoms with Crippen LogP contribution in [0.1, 0.15) is 22.3 Å². The molecule has 0 saturated heterocycles. The van der Waals surface area contributed by atoms with Crippen molar-refractivity contribution in [2.45, 2.75) is 18.9 Å². The van der Waals surface area contributed by atoms with E-state index in [-0.39, 0.29) is 17.7 Å². The molecule has 17 heavy (non-hydrogen) atoms. The highest BCUT2D eigenvalue weighted by molar-refractivity contribution is 9.12. The number of benzene rings is 1. The maximum atomic E-state index is 12.4. The zero-order chi connectivity index (χ0) is 11.8. The van der Waals surface area contributed by atoms with Crippen molar-refractivity contribution in [3.8, 4) is 0 Å². The predicted molar refractivity (Wildman–Crippen MR) is 71.9 cm³/mol. The minimum absolute atomic E-state index is 0.163. The first-order valence-corrected chi connectivity index (χ1v) is 6.57. The van der Waals surface area contributed by atoms with E-state index in [0.717, 1.165) is 28.5 Å². The summed E-state index contributed by atoms with van der Waals surface area (Å²) < 4.78 is 0.984. The number of hydrogen-bond donors (Lipinski definition) is 0. The number of aliphatic imine (C=N–C) groups is 1. The van der Waals surface area contributed by atoms with Crippen LogP contribution in [0.4, 0.5) is 0 Å². The molecule has 2 aliphatic rings. The van der Waals surface area contributed by atoms with Crippen LogP contribution in [-0.2, 0) is 6.42 Å². The predicted octanol–water partition coefficient (Wildman–Crippen LogP) is 3.16. The average Bonchev–Trinajstić information content (AvgIpc) is 2.48. The molecule has 1 aliphatic carbocycles. The van der Waals surface area contributed by atoms with Crippen LogP contribution in [0.5, 0.6) is 0 Å². The standard InChI is InChI=1S/C14H12BrNO/c15-11-7-10-6-5-9-3-1-2-4-12(9)14(17)13(10)16-8-11/h1-4,7-8,10,13H,5-6H2. The first kappa shape index (κ1) is 10.9. The molecular weight excluding hydrogens is 278 g/mol. The van der Waals surface area contributed by atoms with Gasteiger partial charge in [0, 0.05) is 22.2 Å². The summed E-state index contributed by atoms with van der Waals surface area (Å²) in [6.45, 7) is 0. The fourth-order valence-electron chi connectivity index (χ4n) is 2.56. The second-order valence-electron chi connectivity index (χ2n) is 4.50. The van der Waals surface area contributed by atoms with Gasteiger partial charge in [-0.3, -0.25) is 9.79 Å². The summed E-state index contributed by atoms with van der Waals surface area (Å²) in [5.41, 5.74) is 2.01. The van der Waals surface area contributed by atoms with E-state index in [1.165, 1.54) is 0 Å². The van der Waals surface area contributed by atoms with Crippen molar-refractivity contribution < 1.29 is 4.79 Å². The average molecular weight is 290 g/mol. The van der Waals surface area contributed by atoms with Gasteiger partial charge in [-0.1, -0.05) is 30.3 Å². The van der Waals surface area contributed by atoms with Crippen LogP contribution < -0.4 is 0 Å². The van der Waals surface area contributed by atoms with Crippen molar-refractivity contribution in [3.63, 3.8) is 0 Å². The Morgan fingerprint density at radius 2 is 2.12 bits per heavy atom. The van der Waals surface area contributed by atoms with E-state index in [2.05, 4.69) is 27.0 Å². The Hall–Kier alpha value is -1.22. The molecule has 0 saturated carbocycles. The fraction of sp³-hybridized carbons (Fsp3) is 0.286. The van der Waals surface area contributed by atoms with Gasteiger partial charge in [-0.15, -0.1) is 0 Å². The number of carbonyl (C=O) groups excluding carboxylic acids is 1. The minimum atomic E-state index is -0.222. The molecule has 2 unspecified atom stereocenters. The molecule has 0 spiro atoms. The molecule has 0 fully saturated rings. The molecule has 3 rings (SSSR count). The summed E-state index contributed by atoms with van der Waals surface area (Å²) >= 11 is 3.43. The van der Waals surface area contributed by atoms with E-state index in [1.54, 1.807) is 6.21 Å². The lowest BCUT2D eigenvalue weighted by Crippen LogP contribution is -2.28. The first-order chi connectivity index (χ1) is 8.25. The smallest absolute Gasteiger partial charge is 0.188 e. The molecule has 2 nitrogen and oxygen atoms in total. The normalized spacial score (nSPS) is 26.9. The second-order valence-corrected chi connectivity index (χ2v) is 5.41. The third kappa shape index (κ3) is 1.89. The summed E-state index contributed by atoms with van der Waals surface area (Å²) in [6.07, 6.45) is 5.80. The van der Waals surface area contributed by atoms with Crippen LogP contribution in [0.15, 0.2) is 39.8 Å². The van der Waals surface area contributed by atoms with Crippen molar-refractivity contribution in [2.75, 3.05) is 0 Å². The number of hydrogen-bond acceptors (Lipinski definition) is 2. The number of halogens is 1. The van der Waals surface area contributed by atoms with E-state index in [1.807, 2.05) is 24.3 Å². The SMILES string of the molecule is O=C1c2ccccc2CCC2C=C(Br)C=NC12. The molecule has 2 atom stereocenters. The third-order valence-corrected chi connectivity index (χ3v) is 3.90. The number of allylic oxidation sites excluding steroid dienone is 1. The summed E-state index contributed by atoms with van der Waals surface area (Å²) in [7, 11) is 0. The maximum absolute atomic E-state index is 12.4. The molecule has 1 aromatic carbocycles. The summed E-state index contributed by atoms with van der Waals surface area (Å²) in [6, 6.07) is 7.67. The van der Waals surface area contributed by atoms with Gasteiger partial charge in [0.25, 0.3) is 0 Å². The molecule has 1 heterocycles. The van der Waals surface area contributed by atoms with Gasteiger partial charge in [0.05, 0.1) is 0 Å². The van der Waals surface area contributed by atoms with Gasteiger partial charge >= 0.3 is 0 Å². The number of ketones is 1. The fourth-order valence-corrected chi connectivity index (χ4v) is 3.02. The quantitative estimate of drug-likeness (QED) is 0.721. The molecule has 3 heteroatoms. The molecule has 86 valence electrons. The summed E-state index contributed by atoms with van der Waals surface area (Å²) in [5, 5.41) is 0. The summed E-state index contributed by atoms with van der Waals surface area (Å²) in [5.74, 6) is 0.393. The van der Waals surface area contributed by atoms with Crippen LogP contribution in [0, 0.1) is 5.92 Å². The number of dihydropyridines is 1. The number of carbonyl (C=O) groups is 1. The van der Waals surface area contributed by atoms with Crippen molar-refractivity contribution in [1.82, 2.24) is 0 Å². The van der Waals surface area contributed by atoms with Crippen LogP contribution >= 0.6 is 15.9 Å². The Morgan fingerprint density at radius 1 is 1.29 bits per heavy atom. The number of rotatable bonds is 0. The summed E-state index contributed by atoms with van der Waals surface area (Å²) in [4.78, 5) is 16.8. The molecule has 1 aromatic rings. The zero-order valence-corrected chi connectivity index (χ0v) is 10.9. The van der Waals surface area contributed by atoms with E-state index in [9.17, 15) is 4.79 Å². The lowest BCUT2D eigenvalue weighted by Gasteiger charge is -2.20. The second kappa shape index (κ2) is 4.22. The van der Waals surface area contributed by atoms with E-state index < -0.39 is 0 Å². The topological polar surface area (TPSA) is 29.4 Å². The van der Waals surface area contributed by atoms with E-state index >= 15 is 0 Å². The molecular formula is C14H12BrNO. The van der Waals surface area contributed by atoms with E-state index in [4.69, 9.17) is 0 Å². The molecule has 0 bridgehead atoms. The Balaban J connectivity index is 2.05. The number of nitrogens with zero attached hydrogens (tertiary/aromatic N) is 1. The number of fused-ring (bicyclic) bond motifs is 2. The van der Waals surface area contributed by atoms with E-state index in [0.29, 0.717) is 0 Å². The van der Waals surface area contributed by atoms with Gasteiger partial charge in [-0.05, 0) is 34.3 Å². The van der Waals surface area contributed by atoms with Gasteiger partial charge in [0.15, 0.2) is 5.78 Å². The van der Waals surface area contributed by atoms with Crippen molar-refractivity contribution in [1.29, 1.82) is 0 Å². The number of aryl methyl sites for hydroxylation is 1. The van der Waals surface area contributed by atoms with Crippen molar-refractivity contribution in [2.24, 2.45) is 10.9 Å². The maximum Gasteiger partial charge on any atom is 0.188 e. The Bertz CT molecular complexity index is 533. The van der Waals surface area contributed by atoms with Crippen LogP contribution in [-0.4, -0.2) is 18.0 Å². The van der Waals surface area contributed by atoms with Gasteiger partial charge in [-0.25, -0.2) is 0 Å². The highest BCUT2D eigenvalue weighted by Crippen LogP contribution is 2.31. The Kier molecular flexibility index (Phi) is 2.71. The largest absolute Gasteiger partial charge is 0.292 e. The Labute approximate surface area is 109 Å². The van der Waals surface area contributed by atoms with Gasteiger partial charge in [0.2, 0.25) is 0 Å². The Morgan fingerprint density at radius 3 is 3.00 bits per heavy atom. The van der Waals surface area contributed by atoms with Crippen LogP contribution in [0.3, 0.4) is 0 Å². The zero-order valence-electron chi connectivity index (χ0n) is 9.27. The van der Waals surface area contributed by atoms with Crippen LogP contribution in [0.25, 0.3) is 0 Å². The molecule has 0 aromatic heterocycles. The van der Waals surface area contributed by atoms with Crippen molar-refractivity contribution >= 4 is 27.9 Å². The molecule has 0 N–H and O–H groups in total. The molecule has 1 aliphatic heterocycles. The van der Waals surface area contributed by atoms with Gasteiger partial charge in [-0.2, -0.15) is 0 Å². The monoisotopic (exact) mass is 289 g/mol. The molecule has 0 radical (unpaired) electrons. The molecule has 0 amide bonds. The highest BCUT2D eigenvalue weighted by atomic mass is 79.9. The highest BCUT2D eigenvalue weighted by Gasteiger charge is 2.32. The first-order valence-electron chi connectivity index (χ1n) is 5.78. The van der Waals surface area contributed by atoms with Crippen LogP contribution in [0.2, 0.25) is 0 Å². The van der Waals surface area contributed by atoms with Gasteiger partial charge in [0.1, 0.15) is 6.04 Å².